The maximum atomic E-state index is 13.3. The number of halogens is 1. The third-order valence-electron chi connectivity index (χ3n) is 2.19. The molecule has 0 saturated heterocycles. The number of hydrogen-bond acceptors (Lipinski definition) is 2. The molecule has 3 heteroatoms. The van der Waals surface area contributed by atoms with Crippen molar-refractivity contribution in [3.05, 3.63) is 45.9 Å². The summed E-state index contributed by atoms with van der Waals surface area (Å²) >= 11 is 1.62. The molecule has 0 radical (unpaired) electrons. The molecule has 0 bridgehead atoms. The minimum atomic E-state index is -0.466. The van der Waals surface area contributed by atoms with E-state index in [0.29, 0.717) is 6.29 Å². The maximum absolute atomic E-state index is 13.3. The van der Waals surface area contributed by atoms with Gasteiger partial charge in [-0.3, -0.25) is 4.79 Å². The van der Waals surface area contributed by atoms with E-state index in [9.17, 15) is 9.18 Å². The Hall–Kier alpha value is -1.48. The third kappa shape index (κ3) is 1.97. The monoisotopic (exact) mass is 220 g/mol. The number of aryl methyl sites for hydroxylation is 1. The molecule has 0 aliphatic heterocycles. The highest BCUT2D eigenvalue weighted by atomic mass is 32.1. The first-order valence-electron chi connectivity index (χ1n) is 4.51. The van der Waals surface area contributed by atoms with Gasteiger partial charge in [0.05, 0.1) is 5.56 Å². The summed E-state index contributed by atoms with van der Waals surface area (Å²) in [5.74, 6) is -0.466. The van der Waals surface area contributed by atoms with Gasteiger partial charge in [-0.2, -0.15) is 0 Å². The smallest absolute Gasteiger partial charge is 0.152 e. The van der Waals surface area contributed by atoms with E-state index in [1.807, 2.05) is 18.4 Å². The summed E-state index contributed by atoms with van der Waals surface area (Å²) in [4.78, 5) is 11.6. The fourth-order valence-electron chi connectivity index (χ4n) is 1.40. The van der Waals surface area contributed by atoms with Crippen LogP contribution >= 0.6 is 11.3 Å². The van der Waals surface area contributed by atoms with Crippen LogP contribution in [0.2, 0.25) is 0 Å². The maximum Gasteiger partial charge on any atom is 0.152 e. The highest BCUT2D eigenvalue weighted by Gasteiger charge is 2.05. The van der Waals surface area contributed by atoms with Crippen LogP contribution in [-0.2, 0) is 0 Å². The summed E-state index contributed by atoms with van der Waals surface area (Å²) in [5.41, 5.74) is 1.90. The number of aldehydes is 1. The van der Waals surface area contributed by atoms with Crippen LogP contribution < -0.4 is 0 Å². The fraction of sp³-hybridized carbons (Fsp3) is 0.0833. The van der Waals surface area contributed by atoms with Gasteiger partial charge >= 0.3 is 0 Å². The Kier molecular flexibility index (Phi) is 2.64. The summed E-state index contributed by atoms with van der Waals surface area (Å²) in [6, 6.07) is 6.66. The molecule has 0 unspecified atom stereocenters. The molecule has 0 atom stereocenters. The van der Waals surface area contributed by atoms with Crippen molar-refractivity contribution < 1.29 is 9.18 Å². The fourth-order valence-corrected chi connectivity index (χ4v) is 2.11. The van der Waals surface area contributed by atoms with Crippen molar-refractivity contribution >= 4 is 17.6 Å². The number of carbonyl (C=O) groups is 1. The van der Waals surface area contributed by atoms with E-state index in [4.69, 9.17) is 0 Å². The minimum Gasteiger partial charge on any atom is -0.298 e. The molecule has 2 rings (SSSR count). The molecule has 15 heavy (non-hydrogen) atoms. The number of benzene rings is 1. The van der Waals surface area contributed by atoms with Gasteiger partial charge in [-0.05, 0) is 41.6 Å². The Bertz CT molecular complexity index is 502. The van der Waals surface area contributed by atoms with Crippen LogP contribution in [0, 0.1) is 12.7 Å². The Morgan fingerprint density at radius 2 is 2.07 bits per heavy atom. The third-order valence-corrected chi connectivity index (χ3v) is 3.05. The summed E-state index contributed by atoms with van der Waals surface area (Å²) in [6.45, 7) is 2.00. The van der Waals surface area contributed by atoms with Gasteiger partial charge in [0.15, 0.2) is 6.29 Å². The quantitative estimate of drug-likeness (QED) is 0.706. The first-order valence-corrected chi connectivity index (χ1v) is 5.39. The van der Waals surface area contributed by atoms with Crippen molar-refractivity contribution in [1.29, 1.82) is 0 Å². The van der Waals surface area contributed by atoms with Gasteiger partial charge in [0.25, 0.3) is 0 Å². The van der Waals surface area contributed by atoms with Crippen molar-refractivity contribution in [3.8, 4) is 11.1 Å². The van der Waals surface area contributed by atoms with Crippen LogP contribution in [-0.4, -0.2) is 6.29 Å². The number of thiophene rings is 1. The van der Waals surface area contributed by atoms with Crippen molar-refractivity contribution in [2.24, 2.45) is 0 Å². The normalized spacial score (nSPS) is 10.3. The molecule has 1 aromatic heterocycles. The molecule has 1 aromatic carbocycles. The van der Waals surface area contributed by atoms with E-state index in [-0.39, 0.29) is 5.56 Å². The van der Waals surface area contributed by atoms with Crippen LogP contribution in [0.5, 0.6) is 0 Å². The molecule has 0 amide bonds. The van der Waals surface area contributed by atoms with Crippen molar-refractivity contribution in [1.82, 2.24) is 0 Å². The molecule has 76 valence electrons. The average Bonchev–Trinajstić information content (AvgIpc) is 2.65. The van der Waals surface area contributed by atoms with Gasteiger partial charge in [0, 0.05) is 4.88 Å². The molecular formula is C12H9FOS. The van der Waals surface area contributed by atoms with E-state index in [1.165, 1.54) is 17.0 Å². The van der Waals surface area contributed by atoms with E-state index in [0.717, 1.165) is 11.1 Å². The van der Waals surface area contributed by atoms with Gasteiger partial charge in [0.2, 0.25) is 0 Å². The van der Waals surface area contributed by atoms with Crippen LogP contribution in [0.3, 0.4) is 0 Å². The molecule has 0 spiro atoms. The molecule has 2 aromatic rings. The SMILES string of the molecule is Cc1cc(-c2ccc(C=O)c(F)c2)cs1. The molecule has 1 heterocycles. The predicted molar refractivity (Wildman–Crippen MR) is 59.8 cm³/mol. The number of rotatable bonds is 2. The van der Waals surface area contributed by atoms with Crippen molar-refractivity contribution in [3.63, 3.8) is 0 Å². The van der Waals surface area contributed by atoms with E-state index in [2.05, 4.69) is 0 Å². The average molecular weight is 220 g/mol. The topological polar surface area (TPSA) is 17.1 Å². The molecule has 0 N–H and O–H groups in total. The summed E-state index contributed by atoms with van der Waals surface area (Å²) in [5, 5.41) is 1.98. The van der Waals surface area contributed by atoms with E-state index >= 15 is 0 Å². The first-order chi connectivity index (χ1) is 7.20. The zero-order valence-corrected chi connectivity index (χ0v) is 8.98. The lowest BCUT2D eigenvalue weighted by Crippen LogP contribution is -1.87. The predicted octanol–water partition coefficient (Wildman–Crippen LogP) is 3.68. The number of carbonyl (C=O) groups excluding carboxylic acids is 1. The number of hydrogen-bond donors (Lipinski definition) is 0. The minimum absolute atomic E-state index is 0.103. The van der Waals surface area contributed by atoms with Gasteiger partial charge in [-0.25, -0.2) is 4.39 Å². The van der Waals surface area contributed by atoms with Crippen LogP contribution in [0.4, 0.5) is 4.39 Å². The first kappa shape index (κ1) is 10.1. The lowest BCUT2D eigenvalue weighted by Gasteiger charge is -1.99. The Morgan fingerprint density at radius 1 is 1.27 bits per heavy atom. The summed E-state index contributed by atoms with van der Waals surface area (Å²) < 4.78 is 13.3. The largest absolute Gasteiger partial charge is 0.298 e. The Labute approximate surface area is 91.2 Å². The van der Waals surface area contributed by atoms with Gasteiger partial charge < -0.3 is 0 Å². The van der Waals surface area contributed by atoms with E-state index < -0.39 is 5.82 Å². The molecule has 0 aliphatic carbocycles. The zero-order chi connectivity index (χ0) is 10.8. The van der Waals surface area contributed by atoms with Gasteiger partial charge in [0.1, 0.15) is 5.82 Å². The second-order valence-corrected chi connectivity index (χ2v) is 4.42. The van der Waals surface area contributed by atoms with Crippen LogP contribution in [0.15, 0.2) is 29.6 Å². The second kappa shape index (κ2) is 3.95. The van der Waals surface area contributed by atoms with Gasteiger partial charge in [-0.1, -0.05) is 6.07 Å². The van der Waals surface area contributed by atoms with Crippen molar-refractivity contribution in [2.45, 2.75) is 6.92 Å². The summed E-state index contributed by atoms with van der Waals surface area (Å²) in [7, 11) is 0. The molecular weight excluding hydrogens is 211 g/mol. The van der Waals surface area contributed by atoms with Crippen molar-refractivity contribution in [2.75, 3.05) is 0 Å². The molecule has 0 fully saturated rings. The summed E-state index contributed by atoms with van der Waals surface area (Å²) in [6.07, 6.45) is 0.526. The Balaban J connectivity index is 2.46. The molecule has 1 nitrogen and oxygen atoms in total. The Morgan fingerprint density at radius 3 is 2.60 bits per heavy atom. The molecule has 0 aliphatic rings. The second-order valence-electron chi connectivity index (χ2n) is 3.30. The lowest BCUT2D eigenvalue weighted by molar-refractivity contribution is 0.112. The van der Waals surface area contributed by atoms with Crippen LogP contribution in [0.1, 0.15) is 15.2 Å². The van der Waals surface area contributed by atoms with Crippen LogP contribution in [0.25, 0.3) is 11.1 Å². The molecule has 0 saturated carbocycles. The standard InChI is InChI=1S/C12H9FOS/c1-8-4-11(7-15-8)9-2-3-10(6-14)12(13)5-9/h2-7H,1H3. The zero-order valence-electron chi connectivity index (χ0n) is 8.16. The van der Waals surface area contributed by atoms with Gasteiger partial charge in [-0.15, -0.1) is 11.3 Å². The highest BCUT2D eigenvalue weighted by Crippen LogP contribution is 2.26. The van der Waals surface area contributed by atoms with E-state index in [1.54, 1.807) is 17.4 Å². The highest BCUT2D eigenvalue weighted by molar-refractivity contribution is 7.10. The lowest BCUT2D eigenvalue weighted by atomic mass is 10.1.